The lowest BCUT2D eigenvalue weighted by molar-refractivity contribution is 0.415. The Balaban J connectivity index is 2.95. The van der Waals surface area contributed by atoms with Gasteiger partial charge in [0.2, 0.25) is 20.0 Å². The zero-order valence-corrected chi connectivity index (χ0v) is 13.2. The van der Waals surface area contributed by atoms with E-state index in [1.165, 1.54) is 7.11 Å². The molecule has 0 bridgehead atoms. The molecule has 1 aromatic rings. The van der Waals surface area contributed by atoms with Crippen LogP contribution in [-0.4, -0.2) is 49.5 Å². The Morgan fingerprint density at radius 1 is 1.20 bits per heavy atom. The Kier molecular flexibility index (Phi) is 5.37. The number of ether oxygens (including phenoxy) is 1. The van der Waals surface area contributed by atoms with Crippen LogP contribution in [0.15, 0.2) is 24.3 Å². The first-order chi connectivity index (χ1) is 9.13. The second-order valence-electron chi connectivity index (χ2n) is 4.20. The Morgan fingerprint density at radius 2 is 1.85 bits per heavy atom. The number of benzene rings is 1. The molecule has 1 rings (SSSR count). The average molecular weight is 322 g/mol. The molecule has 1 N–H and O–H groups in total. The predicted molar refractivity (Wildman–Crippen MR) is 78.0 cm³/mol. The fourth-order valence-corrected chi connectivity index (χ4v) is 2.97. The van der Waals surface area contributed by atoms with E-state index in [0.717, 1.165) is 16.8 Å². The van der Waals surface area contributed by atoms with Crippen molar-refractivity contribution in [2.75, 3.05) is 37.0 Å². The van der Waals surface area contributed by atoms with Crippen molar-refractivity contribution in [1.82, 2.24) is 4.72 Å². The van der Waals surface area contributed by atoms with Gasteiger partial charge in [0, 0.05) is 19.2 Å². The van der Waals surface area contributed by atoms with Crippen LogP contribution >= 0.6 is 0 Å². The first-order valence-electron chi connectivity index (χ1n) is 5.70. The van der Waals surface area contributed by atoms with Gasteiger partial charge in [-0.15, -0.1) is 0 Å². The van der Waals surface area contributed by atoms with E-state index in [4.69, 9.17) is 4.74 Å². The summed E-state index contributed by atoms with van der Waals surface area (Å²) >= 11 is 0. The van der Waals surface area contributed by atoms with Crippen molar-refractivity contribution in [2.24, 2.45) is 0 Å². The van der Waals surface area contributed by atoms with Crippen molar-refractivity contribution >= 4 is 25.7 Å². The number of sulfonamides is 2. The molecule has 7 nitrogen and oxygen atoms in total. The van der Waals surface area contributed by atoms with Crippen molar-refractivity contribution in [2.45, 2.75) is 0 Å². The molecule has 0 aromatic heterocycles. The molecule has 114 valence electrons. The first kappa shape index (κ1) is 16.7. The quantitative estimate of drug-likeness (QED) is 0.763. The second kappa shape index (κ2) is 6.42. The molecule has 0 amide bonds. The lowest BCUT2D eigenvalue weighted by Gasteiger charge is -2.22. The van der Waals surface area contributed by atoms with Gasteiger partial charge >= 0.3 is 0 Å². The molecule has 9 heteroatoms. The highest BCUT2D eigenvalue weighted by Gasteiger charge is 2.18. The molecule has 0 saturated heterocycles. The number of nitrogens with one attached hydrogen (secondary N) is 1. The zero-order chi connectivity index (χ0) is 15.4. The second-order valence-corrected chi connectivity index (χ2v) is 7.94. The van der Waals surface area contributed by atoms with Crippen LogP contribution in [0.25, 0.3) is 0 Å². The van der Waals surface area contributed by atoms with Gasteiger partial charge < -0.3 is 4.74 Å². The minimum Gasteiger partial charge on any atom is -0.497 e. The van der Waals surface area contributed by atoms with Gasteiger partial charge in [0.15, 0.2) is 0 Å². The van der Waals surface area contributed by atoms with Crippen LogP contribution in [0.1, 0.15) is 0 Å². The number of hydrogen-bond donors (Lipinski definition) is 1. The van der Waals surface area contributed by atoms with Crippen LogP contribution in [0.3, 0.4) is 0 Å². The van der Waals surface area contributed by atoms with Crippen molar-refractivity contribution in [1.29, 1.82) is 0 Å². The predicted octanol–water partition coefficient (Wildman–Crippen LogP) is 0.0104. The molecular formula is C11H18N2O5S2. The minimum absolute atomic E-state index is 0.000922. The van der Waals surface area contributed by atoms with E-state index in [9.17, 15) is 16.8 Å². The largest absolute Gasteiger partial charge is 0.497 e. The van der Waals surface area contributed by atoms with Crippen LogP contribution in [-0.2, 0) is 20.0 Å². The molecule has 1 aromatic carbocycles. The van der Waals surface area contributed by atoms with E-state index in [-0.39, 0.29) is 13.1 Å². The molecule has 0 atom stereocenters. The topological polar surface area (TPSA) is 92.8 Å². The van der Waals surface area contributed by atoms with E-state index in [1.54, 1.807) is 24.3 Å². The van der Waals surface area contributed by atoms with Crippen molar-refractivity contribution in [3.05, 3.63) is 24.3 Å². The van der Waals surface area contributed by atoms with Gasteiger partial charge in [-0.05, 0) is 12.1 Å². The van der Waals surface area contributed by atoms with Crippen LogP contribution in [0.4, 0.5) is 5.69 Å². The molecular weight excluding hydrogens is 304 g/mol. The van der Waals surface area contributed by atoms with E-state index < -0.39 is 20.0 Å². The van der Waals surface area contributed by atoms with Gasteiger partial charge in [-0.2, -0.15) is 0 Å². The highest BCUT2D eigenvalue weighted by molar-refractivity contribution is 7.92. The molecule has 20 heavy (non-hydrogen) atoms. The monoisotopic (exact) mass is 322 g/mol. The minimum atomic E-state index is -3.52. The van der Waals surface area contributed by atoms with Gasteiger partial charge in [0.05, 0.1) is 25.3 Å². The molecule has 0 radical (unpaired) electrons. The maximum Gasteiger partial charge on any atom is 0.232 e. The molecule has 0 heterocycles. The summed E-state index contributed by atoms with van der Waals surface area (Å²) in [5, 5.41) is 0. The fraction of sp³-hybridized carbons (Fsp3) is 0.455. The van der Waals surface area contributed by atoms with Crippen LogP contribution in [0.5, 0.6) is 5.75 Å². The van der Waals surface area contributed by atoms with E-state index >= 15 is 0 Å². The van der Waals surface area contributed by atoms with Crippen LogP contribution in [0, 0.1) is 0 Å². The molecule has 0 aliphatic rings. The average Bonchev–Trinajstić information content (AvgIpc) is 2.32. The molecule has 0 aliphatic carbocycles. The van der Waals surface area contributed by atoms with Crippen molar-refractivity contribution in [3.8, 4) is 5.75 Å². The Morgan fingerprint density at radius 3 is 2.35 bits per heavy atom. The summed E-state index contributed by atoms with van der Waals surface area (Å²) in [7, 11) is -5.39. The number of methoxy groups -OCH3 is 1. The summed E-state index contributed by atoms with van der Waals surface area (Å²) < 4.78 is 54.0. The van der Waals surface area contributed by atoms with Crippen molar-refractivity contribution in [3.63, 3.8) is 0 Å². The summed E-state index contributed by atoms with van der Waals surface area (Å²) in [5.74, 6) is 0.521. The van der Waals surface area contributed by atoms with Gasteiger partial charge in [-0.1, -0.05) is 6.07 Å². The lowest BCUT2D eigenvalue weighted by atomic mass is 10.3. The smallest absolute Gasteiger partial charge is 0.232 e. The normalized spacial score (nSPS) is 12.2. The van der Waals surface area contributed by atoms with E-state index in [0.29, 0.717) is 11.4 Å². The van der Waals surface area contributed by atoms with Gasteiger partial charge in [-0.25, -0.2) is 21.6 Å². The molecule has 0 saturated carbocycles. The first-order valence-corrected chi connectivity index (χ1v) is 9.44. The van der Waals surface area contributed by atoms with Crippen molar-refractivity contribution < 1.29 is 21.6 Å². The summed E-state index contributed by atoms with van der Waals surface area (Å²) in [6, 6.07) is 6.54. The summed E-state index contributed by atoms with van der Waals surface area (Å²) in [4.78, 5) is 0. The van der Waals surface area contributed by atoms with E-state index in [2.05, 4.69) is 4.72 Å². The number of nitrogens with zero attached hydrogens (tertiary/aromatic N) is 1. The molecule has 0 unspecified atom stereocenters. The molecule has 0 fully saturated rings. The number of hydrogen-bond acceptors (Lipinski definition) is 5. The van der Waals surface area contributed by atoms with Gasteiger partial charge in [0.1, 0.15) is 5.75 Å². The maximum absolute atomic E-state index is 11.8. The van der Waals surface area contributed by atoms with Crippen LogP contribution in [0.2, 0.25) is 0 Å². The van der Waals surface area contributed by atoms with Gasteiger partial charge in [0.25, 0.3) is 0 Å². The zero-order valence-electron chi connectivity index (χ0n) is 11.5. The standard InChI is InChI=1S/C11H18N2O5S2/c1-18-11-6-4-5-10(9-11)13(20(3,16)17)8-7-12-19(2,14)15/h4-6,9,12H,7-8H2,1-3H3. The number of anilines is 1. The molecule has 0 spiro atoms. The third kappa shape index (κ3) is 5.35. The molecule has 0 aliphatic heterocycles. The fourth-order valence-electron chi connectivity index (χ4n) is 1.58. The van der Waals surface area contributed by atoms with E-state index in [1.807, 2.05) is 0 Å². The third-order valence-corrected chi connectivity index (χ3v) is 4.34. The summed E-state index contributed by atoms with van der Waals surface area (Å²) in [5.41, 5.74) is 0.419. The highest BCUT2D eigenvalue weighted by atomic mass is 32.2. The highest BCUT2D eigenvalue weighted by Crippen LogP contribution is 2.22. The summed E-state index contributed by atoms with van der Waals surface area (Å²) in [6.45, 7) is -0.0117. The third-order valence-electron chi connectivity index (χ3n) is 2.42. The Hall–Kier alpha value is -1.32. The lowest BCUT2D eigenvalue weighted by Crippen LogP contribution is -2.37. The SMILES string of the molecule is COc1cccc(N(CCNS(C)(=O)=O)S(C)(=O)=O)c1. The number of rotatable bonds is 7. The Bertz CT molecular complexity index is 655. The Labute approximate surface area is 119 Å². The maximum atomic E-state index is 11.8. The van der Waals surface area contributed by atoms with Gasteiger partial charge in [-0.3, -0.25) is 4.31 Å². The summed E-state index contributed by atoms with van der Waals surface area (Å²) in [6.07, 6.45) is 2.08. The van der Waals surface area contributed by atoms with Crippen LogP contribution < -0.4 is 13.8 Å².